The van der Waals surface area contributed by atoms with Crippen molar-refractivity contribution in [2.75, 3.05) is 40.3 Å². The van der Waals surface area contributed by atoms with Crippen molar-refractivity contribution in [2.24, 2.45) is 0 Å². The highest BCUT2D eigenvalue weighted by atomic mass is 16.5. The summed E-state index contributed by atoms with van der Waals surface area (Å²) in [7, 11) is 4.15. The van der Waals surface area contributed by atoms with Crippen molar-refractivity contribution >= 4 is 5.91 Å². The lowest BCUT2D eigenvalue weighted by Gasteiger charge is -2.33. The zero-order valence-electron chi connectivity index (χ0n) is 16.5. The maximum absolute atomic E-state index is 13.0. The van der Waals surface area contributed by atoms with Crippen LogP contribution < -0.4 is 0 Å². The molecule has 2 aromatic rings. The molecule has 1 aliphatic rings. The SMILES string of the molecule is Cc1cccc(-c2cncc(C(=O)N3CCOC(CCCN(C)C)C3)c2)c1. The van der Waals surface area contributed by atoms with Gasteiger partial charge in [0.1, 0.15) is 0 Å². The fourth-order valence-electron chi connectivity index (χ4n) is 3.44. The van der Waals surface area contributed by atoms with Crippen LogP contribution in [0.4, 0.5) is 0 Å². The van der Waals surface area contributed by atoms with E-state index in [9.17, 15) is 4.79 Å². The minimum atomic E-state index is 0.0397. The molecule has 144 valence electrons. The second-order valence-electron chi connectivity index (χ2n) is 7.52. The highest BCUT2D eigenvalue weighted by Crippen LogP contribution is 2.22. The number of benzene rings is 1. The molecule has 1 amide bonds. The standard InChI is InChI=1S/C22H29N3O2/c1-17-6-4-7-18(12-17)19-13-20(15-23-14-19)22(26)25-10-11-27-21(16-25)8-5-9-24(2)3/h4,6-7,12-15,21H,5,8-11,16H2,1-3H3. The molecule has 0 aliphatic carbocycles. The van der Waals surface area contributed by atoms with E-state index in [0.29, 0.717) is 25.3 Å². The predicted octanol–water partition coefficient (Wildman–Crippen LogP) is 3.24. The van der Waals surface area contributed by atoms with Crippen LogP contribution in [0.5, 0.6) is 0 Å². The molecular weight excluding hydrogens is 338 g/mol. The molecule has 1 unspecified atom stereocenters. The van der Waals surface area contributed by atoms with Crippen LogP contribution in [0, 0.1) is 6.92 Å². The highest BCUT2D eigenvalue weighted by Gasteiger charge is 2.25. The zero-order valence-corrected chi connectivity index (χ0v) is 16.5. The first-order valence-corrected chi connectivity index (χ1v) is 9.60. The highest BCUT2D eigenvalue weighted by molar-refractivity contribution is 5.95. The normalized spacial score (nSPS) is 17.3. The van der Waals surface area contributed by atoms with Crippen molar-refractivity contribution in [3.8, 4) is 11.1 Å². The van der Waals surface area contributed by atoms with Crippen molar-refractivity contribution in [1.82, 2.24) is 14.8 Å². The van der Waals surface area contributed by atoms with E-state index in [0.717, 1.165) is 30.5 Å². The number of rotatable bonds is 6. The van der Waals surface area contributed by atoms with Gasteiger partial charge in [-0.1, -0.05) is 29.8 Å². The largest absolute Gasteiger partial charge is 0.375 e. The maximum Gasteiger partial charge on any atom is 0.255 e. The van der Waals surface area contributed by atoms with Crippen molar-refractivity contribution in [3.63, 3.8) is 0 Å². The zero-order chi connectivity index (χ0) is 19.2. The van der Waals surface area contributed by atoms with Crippen molar-refractivity contribution in [3.05, 3.63) is 53.9 Å². The van der Waals surface area contributed by atoms with Gasteiger partial charge in [-0.15, -0.1) is 0 Å². The summed E-state index contributed by atoms with van der Waals surface area (Å²) in [5, 5.41) is 0. The van der Waals surface area contributed by atoms with E-state index in [4.69, 9.17) is 4.74 Å². The minimum Gasteiger partial charge on any atom is -0.375 e. The van der Waals surface area contributed by atoms with Crippen molar-refractivity contribution in [1.29, 1.82) is 0 Å². The molecule has 1 fully saturated rings. The number of hydrogen-bond donors (Lipinski definition) is 0. The Balaban J connectivity index is 1.67. The second-order valence-corrected chi connectivity index (χ2v) is 7.52. The molecule has 5 nitrogen and oxygen atoms in total. The Labute approximate surface area is 162 Å². The summed E-state index contributed by atoms with van der Waals surface area (Å²) >= 11 is 0. The summed E-state index contributed by atoms with van der Waals surface area (Å²) in [6.07, 6.45) is 5.65. The topological polar surface area (TPSA) is 45.7 Å². The monoisotopic (exact) mass is 367 g/mol. The first-order chi connectivity index (χ1) is 13.0. The Kier molecular flexibility index (Phi) is 6.58. The number of pyridine rings is 1. The van der Waals surface area contributed by atoms with Crippen LogP contribution in [0.1, 0.15) is 28.8 Å². The Morgan fingerprint density at radius 1 is 1.26 bits per heavy atom. The first-order valence-electron chi connectivity index (χ1n) is 9.60. The summed E-state index contributed by atoms with van der Waals surface area (Å²) in [6, 6.07) is 10.2. The Bertz CT molecular complexity index is 776. The summed E-state index contributed by atoms with van der Waals surface area (Å²) in [6.45, 7) is 4.99. The van der Waals surface area contributed by atoms with Crippen molar-refractivity contribution < 1.29 is 9.53 Å². The third-order valence-electron chi connectivity index (χ3n) is 4.89. The third-order valence-corrected chi connectivity index (χ3v) is 4.89. The molecule has 1 saturated heterocycles. The van der Waals surface area contributed by atoms with E-state index in [-0.39, 0.29) is 12.0 Å². The maximum atomic E-state index is 13.0. The molecule has 1 aromatic carbocycles. The Morgan fingerprint density at radius 3 is 2.89 bits per heavy atom. The van der Waals surface area contributed by atoms with Gasteiger partial charge in [0.2, 0.25) is 0 Å². The van der Waals surface area contributed by atoms with Gasteiger partial charge in [0.25, 0.3) is 5.91 Å². The third kappa shape index (κ3) is 5.37. The molecule has 0 bridgehead atoms. The molecule has 27 heavy (non-hydrogen) atoms. The molecule has 5 heteroatoms. The molecule has 2 heterocycles. The molecule has 1 atom stereocenters. The number of ether oxygens (including phenoxy) is 1. The van der Waals surface area contributed by atoms with E-state index in [2.05, 4.69) is 43.0 Å². The van der Waals surface area contributed by atoms with Gasteiger partial charge in [0.05, 0.1) is 18.3 Å². The molecule has 1 aromatic heterocycles. The van der Waals surface area contributed by atoms with E-state index < -0.39 is 0 Å². The van der Waals surface area contributed by atoms with E-state index in [1.165, 1.54) is 5.56 Å². The number of morpholine rings is 1. The lowest BCUT2D eigenvalue weighted by Crippen LogP contribution is -2.45. The van der Waals surface area contributed by atoms with Gasteiger partial charge < -0.3 is 14.5 Å². The molecule has 3 rings (SSSR count). The first kappa shape index (κ1) is 19.5. The van der Waals surface area contributed by atoms with Crippen LogP contribution in [0.3, 0.4) is 0 Å². The van der Waals surface area contributed by atoms with Crippen LogP contribution in [-0.4, -0.2) is 67.1 Å². The minimum absolute atomic E-state index is 0.0397. The van der Waals surface area contributed by atoms with Gasteiger partial charge in [-0.3, -0.25) is 9.78 Å². The number of hydrogen-bond acceptors (Lipinski definition) is 4. The van der Waals surface area contributed by atoms with Crippen LogP contribution >= 0.6 is 0 Å². The smallest absolute Gasteiger partial charge is 0.255 e. The molecule has 1 aliphatic heterocycles. The molecular formula is C22H29N3O2. The Morgan fingerprint density at radius 2 is 2.11 bits per heavy atom. The lowest BCUT2D eigenvalue weighted by molar-refractivity contribution is -0.0260. The van der Waals surface area contributed by atoms with Gasteiger partial charge >= 0.3 is 0 Å². The number of nitrogens with zero attached hydrogens (tertiary/aromatic N) is 3. The summed E-state index contributed by atoms with van der Waals surface area (Å²) in [5.41, 5.74) is 3.89. The van der Waals surface area contributed by atoms with Crippen LogP contribution in [-0.2, 0) is 4.74 Å². The van der Waals surface area contributed by atoms with Crippen LogP contribution in [0.25, 0.3) is 11.1 Å². The quantitative estimate of drug-likeness (QED) is 0.786. The average Bonchev–Trinajstić information content (AvgIpc) is 2.67. The number of aryl methyl sites for hydroxylation is 1. The van der Waals surface area contributed by atoms with Gasteiger partial charge in [-0.25, -0.2) is 0 Å². The van der Waals surface area contributed by atoms with Gasteiger partial charge in [-0.05, 0) is 52.0 Å². The lowest BCUT2D eigenvalue weighted by atomic mass is 10.0. The summed E-state index contributed by atoms with van der Waals surface area (Å²) in [5.74, 6) is 0.0397. The van der Waals surface area contributed by atoms with Gasteiger partial charge in [0, 0.05) is 31.0 Å². The number of carbonyl (C=O) groups is 1. The fraction of sp³-hybridized carbons (Fsp3) is 0.455. The molecule has 0 radical (unpaired) electrons. The number of aromatic nitrogens is 1. The van der Waals surface area contributed by atoms with Crippen LogP contribution in [0.15, 0.2) is 42.7 Å². The van der Waals surface area contributed by atoms with Crippen molar-refractivity contribution in [2.45, 2.75) is 25.9 Å². The summed E-state index contributed by atoms with van der Waals surface area (Å²) in [4.78, 5) is 21.4. The summed E-state index contributed by atoms with van der Waals surface area (Å²) < 4.78 is 5.85. The Hall–Kier alpha value is -2.24. The fourth-order valence-corrected chi connectivity index (χ4v) is 3.44. The van der Waals surface area contributed by atoms with Crippen LogP contribution in [0.2, 0.25) is 0 Å². The van der Waals surface area contributed by atoms with E-state index in [1.807, 2.05) is 29.3 Å². The molecule has 0 N–H and O–H groups in total. The van der Waals surface area contributed by atoms with Gasteiger partial charge in [-0.2, -0.15) is 0 Å². The number of carbonyl (C=O) groups excluding carboxylic acids is 1. The second kappa shape index (κ2) is 9.11. The predicted molar refractivity (Wildman–Crippen MR) is 108 cm³/mol. The molecule has 0 spiro atoms. The number of amides is 1. The van der Waals surface area contributed by atoms with E-state index in [1.54, 1.807) is 6.20 Å². The van der Waals surface area contributed by atoms with Gasteiger partial charge in [0.15, 0.2) is 0 Å². The van der Waals surface area contributed by atoms with E-state index >= 15 is 0 Å². The average molecular weight is 367 g/mol. The molecule has 0 saturated carbocycles.